The van der Waals surface area contributed by atoms with Gasteiger partial charge in [-0.2, -0.15) is 0 Å². The summed E-state index contributed by atoms with van der Waals surface area (Å²) >= 11 is 0. The number of carbonyl (C=O) groups is 1. The number of nitrogens with one attached hydrogen (secondary N) is 2. The van der Waals surface area contributed by atoms with Gasteiger partial charge in [-0.15, -0.1) is 0 Å². The van der Waals surface area contributed by atoms with Crippen molar-refractivity contribution in [3.8, 4) is 11.5 Å². The minimum atomic E-state index is -0.429. The average Bonchev–Trinajstić information content (AvgIpc) is 2.71. The number of aromatic hydroxyl groups is 2. The van der Waals surface area contributed by atoms with Gasteiger partial charge in [0, 0.05) is 25.2 Å². The van der Waals surface area contributed by atoms with Gasteiger partial charge in [-0.25, -0.2) is 5.43 Å². The lowest BCUT2D eigenvalue weighted by molar-refractivity contribution is 0.0358. The molecule has 4 N–H and O–H groups in total. The van der Waals surface area contributed by atoms with Crippen LogP contribution < -0.4 is 10.9 Å². The predicted molar refractivity (Wildman–Crippen MR) is 106 cm³/mol. The van der Waals surface area contributed by atoms with Crippen LogP contribution in [0, 0.1) is 6.92 Å². The van der Waals surface area contributed by atoms with E-state index in [0.717, 1.165) is 44.0 Å². The maximum Gasteiger partial charge on any atom is 0.269 e. The van der Waals surface area contributed by atoms with E-state index in [4.69, 9.17) is 4.74 Å². The third-order valence-corrected chi connectivity index (χ3v) is 4.90. The third kappa shape index (κ3) is 5.22. The zero-order chi connectivity index (χ0) is 19.9. The summed E-state index contributed by atoms with van der Waals surface area (Å²) in [7, 11) is 0. The Bertz CT molecular complexity index is 806. The molecule has 0 saturated carbocycles. The molecule has 1 unspecified atom stereocenters. The van der Waals surface area contributed by atoms with E-state index < -0.39 is 5.91 Å². The van der Waals surface area contributed by atoms with E-state index in [1.165, 1.54) is 6.07 Å². The quantitative estimate of drug-likeness (QED) is 0.546. The topological polar surface area (TPSA) is 94.1 Å². The fraction of sp³-hybridized carbons (Fsp3) is 0.381. The van der Waals surface area contributed by atoms with Crippen molar-refractivity contribution in [2.45, 2.75) is 19.4 Å². The summed E-state index contributed by atoms with van der Waals surface area (Å²) in [6.45, 7) is 5.95. The molecule has 0 radical (unpaired) electrons. The molecule has 1 aliphatic rings. The predicted octanol–water partition coefficient (Wildman–Crippen LogP) is 2.10. The lowest BCUT2D eigenvalue weighted by atomic mass is 10.0. The standard InChI is InChI=1S/C21H27N3O4/c1-15-6-7-20(26)17(14-15)18(8-9-24-10-12-28-13-11-24)22-23-21(27)16-4-2-3-5-19(16)25/h2-7,14,18,22,25-26H,8-13H2,1H3,(H,23,27). The number of morpholine rings is 1. The van der Waals surface area contributed by atoms with Gasteiger partial charge in [-0.3, -0.25) is 15.1 Å². The van der Waals surface area contributed by atoms with Crippen molar-refractivity contribution < 1.29 is 19.7 Å². The van der Waals surface area contributed by atoms with Gasteiger partial charge in [0.15, 0.2) is 0 Å². The normalized spacial score (nSPS) is 15.9. The number of carbonyl (C=O) groups excluding carboxylic acids is 1. The van der Waals surface area contributed by atoms with E-state index >= 15 is 0 Å². The Morgan fingerprint density at radius 1 is 1.14 bits per heavy atom. The molecule has 1 saturated heterocycles. The van der Waals surface area contributed by atoms with Crippen LogP contribution in [0.5, 0.6) is 11.5 Å². The van der Waals surface area contributed by atoms with Crippen molar-refractivity contribution in [3.63, 3.8) is 0 Å². The molecule has 0 bridgehead atoms. The number of hydrazine groups is 1. The van der Waals surface area contributed by atoms with E-state index in [9.17, 15) is 15.0 Å². The fourth-order valence-electron chi connectivity index (χ4n) is 3.28. The summed E-state index contributed by atoms with van der Waals surface area (Å²) in [6, 6.07) is 11.5. The number of phenolic OH excluding ortho intramolecular Hbond substituents is 2. The average molecular weight is 385 g/mol. The number of ether oxygens (including phenoxy) is 1. The van der Waals surface area contributed by atoms with Crippen molar-refractivity contribution in [1.82, 2.24) is 15.8 Å². The number of phenols is 2. The summed E-state index contributed by atoms with van der Waals surface area (Å²) in [6.07, 6.45) is 0.693. The summed E-state index contributed by atoms with van der Waals surface area (Å²) < 4.78 is 5.39. The van der Waals surface area contributed by atoms with Crippen LogP contribution in [0.1, 0.15) is 33.9 Å². The highest BCUT2D eigenvalue weighted by atomic mass is 16.5. The van der Waals surface area contributed by atoms with Crippen molar-refractivity contribution in [2.75, 3.05) is 32.8 Å². The van der Waals surface area contributed by atoms with Crippen LogP contribution in [-0.4, -0.2) is 53.9 Å². The molecule has 0 aliphatic carbocycles. The zero-order valence-corrected chi connectivity index (χ0v) is 16.0. The van der Waals surface area contributed by atoms with Gasteiger partial charge in [0.25, 0.3) is 5.91 Å². The number of hydrogen-bond acceptors (Lipinski definition) is 6. The lowest BCUT2D eigenvalue weighted by Gasteiger charge is -2.29. The van der Waals surface area contributed by atoms with Crippen molar-refractivity contribution in [3.05, 3.63) is 59.2 Å². The monoisotopic (exact) mass is 385 g/mol. The van der Waals surface area contributed by atoms with Crippen LogP contribution in [0.2, 0.25) is 0 Å². The van der Waals surface area contributed by atoms with Crippen LogP contribution in [0.3, 0.4) is 0 Å². The van der Waals surface area contributed by atoms with E-state index in [1.807, 2.05) is 19.1 Å². The summed E-state index contributed by atoms with van der Waals surface area (Å²) in [4.78, 5) is 14.7. The summed E-state index contributed by atoms with van der Waals surface area (Å²) in [5.41, 5.74) is 7.65. The van der Waals surface area contributed by atoms with Crippen LogP contribution in [0.4, 0.5) is 0 Å². The highest BCUT2D eigenvalue weighted by Gasteiger charge is 2.20. The molecule has 1 atom stereocenters. The zero-order valence-electron chi connectivity index (χ0n) is 16.0. The largest absolute Gasteiger partial charge is 0.508 e. The van der Waals surface area contributed by atoms with E-state index in [1.54, 1.807) is 24.3 Å². The number of hydrogen-bond donors (Lipinski definition) is 4. The number of aryl methyl sites for hydroxylation is 1. The van der Waals surface area contributed by atoms with Crippen molar-refractivity contribution in [2.24, 2.45) is 0 Å². The van der Waals surface area contributed by atoms with Crippen LogP contribution in [-0.2, 0) is 4.74 Å². The smallest absolute Gasteiger partial charge is 0.269 e. The van der Waals surface area contributed by atoms with Gasteiger partial charge in [0.2, 0.25) is 0 Å². The molecule has 1 heterocycles. The maximum absolute atomic E-state index is 12.4. The Morgan fingerprint density at radius 3 is 2.64 bits per heavy atom. The van der Waals surface area contributed by atoms with E-state index in [2.05, 4.69) is 15.8 Å². The Kier molecular flexibility index (Phi) is 6.86. The first-order chi connectivity index (χ1) is 13.5. The van der Waals surface area contributed by atoms with Gasteiger partial charge >= 0.3 is 0 Å². The van der Waals surface area contributed by atoms with E-state index in [-0.39, 0.29) is 23.1 Å². The van der Waals surface area contributed by atoms with Crippen LogP contribution in [0.25, 0.3) is 0 Å². The van der Waals surface area contributed by atoms with Gasteiger partial charge in [-0.1, -0.05) is 29.8 Å². The summed E-state index contributed by atoms with van der Waals surface area (Å²) in [5.74, 6) is -0.325. The molecule has 3 rings (SSSR count). The van der Waals surface area contributed by atoms with Gasteiger partial charge < -0.3 is 14.9 Å². The highest BCUT2D eigenvalue weighted by Crippen LogP contribution is 2.27. The van der Waals surface area contributed by atoms with Crippen LogP contribution in [0.15, 0.2) is 42.5 Å². The number of para-hydroxylation sites is 1. The Balaban J connectivity index is 1.70. The molecule has 1 amide bonds. The van der Waals surface area contributed by atoms with E-state index in [0.29, 0.717) is 6.42 Å². The van der Waals surface area contributed by atoms with Gasteiger partial charge in [0.05, 0.1) is 24.8 Å². The minimum Gasteiger partial charge on any atom is -0.508 e. The number of benzene rings is 2. The maximum atomic E-state index is 12.4. The second-order valence-corrected chi connectivity index (χ2v) is 6.97. The first kappa shape index (κ1) is 20.1. The molecule has 2 aromatic carbocycles. The first-order valence-corrected chi connectivity index (χ1v) is 9.48. The number of amides is 1. The van der Waals surface area contributed by atoms with Gasteiger partial charge in [-0.05, 0) is 31.5 Å². The van der Waals surface area contributed by atoms with Crippen molar-refractivity contribution in [1.29, 1.82) is 0 Å². The first-order valence-electron chi connectivity index (χ1n) is 9.48. The Morgan fingerprint density at radius 2 is 1.89 bits per heavy atom. The molecule has 150 valence electrons. The molecule has 2 aromatic rings. The van der Waals surface area contributed by atoms with Crippen LogP contribution >= 0.6 is 0 Å². The number of rotatable bonds is 7. The molecule has 7 heteroatoms. The molecule has 7 nitrogen and oxygen atoms in total. The fourth-order valence-corrected chi connectivity index (χ4v) is 3.28. The van der Waals surface area contributed by atoms with Gasteiger partial charge in [0.1, 0.15) is 11.5 Å². The third-order valence-electron chi connectivity index (χ3n) is 4.90. The molecule has 1 aliphatic heterocycles. The second kappa shape index (κ2) is 9.54. The molecule has 1 fully saturated rings. The summed E-state index contributed by atoms with van der Waals surface area (Å²) in [5, 5.41) is 20.2. The molecule has 0 aromatic heterocycles. The molecular formula is C21H27N3O4. The Hall–Kier alpha value is -2.61. The second-order valence-electron chi connectivity index (χ2n) is 6.97. The SMILES string of the molecule is Cc1ccc(O)c(C(CCN2CCOCC2)NNC(=O)c2ccccc2O)c1. The Labute approximate surface area is 164 Å². The van der Waals surface area contributed by atoms with Crippen molar-refractivity contribution >= 4 is 5.91 Å². The highest BCUT2D eigenvalue weighted by molar-refractivity contribution is 5.96. The molecule has 28 heavy (non-hydrogen) atoms. The minimum absolute atomic E-state index is 0.0786. The number of nitrogens with zero attached hydrogens (tertiary/aromatic N) is 1. The lowest BCUT2D eigenvalue weighted by Crippen LogP contribution is -2.42. The molecular weight excluding hydrogens is 358 g/mol. The molecule has 0 spiro atoms.